The van der Waals surface area contributed by atoms with Crippen molar-refractivity contribution in [2.24, 2.45) is 0 Å². The predicted molar refractivity (Wildman–Crippen MR) is 75.0 cm³/mol. The van der Waals surface area contributed by atoms with Gasteiger partial charge in [-0.15, -0.1) is 0 Å². The molecular formula is C13H24ClN3O. The number of aromatic nitrogens is 2. The minimum absolute atomic E-state index is 0.153. The van der Waals surface area contributed by atoms with Gasteiger partial charge in [0.05, 0.1) is 23.5 Å². The monoisotopic (exact) mass is 273 g/mol. The van der Waals surface area contributed by atoms with Crippen molar-refractivity contribution >= 4 is 11.6 Å². The number of rotatable bonds is 8. The van der Waals surface area contributed by atoms with Crippen molar-refractivity contribution < 1.29 is 5.11 Å². The summed E-state index contributed by atoms with van der Waals surface area (Å²) in [4.78, 5) is 0. The number of hydrogen-bond donors (Lipinski definition) is 2. The van der Waals surface area contributed by atoms with E-state index >= 15 is 0 Å². The van der Waals surface area contributed by atoms with Crippen molar-refractivity contribution in [2.45, 2.75) is 52.1 Å². The molecule has 1 atom stereocenters. The van der Waals surface area contributed by atoms with Crippen molar-refractivity contribution in [3.8, 4) is 0 Å². The molecule has 1 aromatic heterocycles. The van der Waals surface area contributed by atoms with E-state index in [2.05, 4.69) is 24.3 Å². The standard InChI is InChI=1S/C13H24ClN3O/c1-4-13(10-18,15-5-2)7-6-8-17-11(3)12(14)9-16-17/h9,15,18H,4-8,10H2,1-3H3. The molecule has 0 fully saturated rings. The predicted octanol–water partition coefficient (Wildman–Crippen LogP) is 2.38. The number of aryl methyl sites for hydroxylation is 1. The van der Waals surface area contributed by atoms with E-state index in [-0.39, 0.29) is 12.1 Å². The summed E-state index contributed by atoms with van der Waals surface area (Å²) in [6, 6.07) is 0. The molecule has 0 spiro atoms. The van der Waals surface area contributed by atoms with E-state index in [1.165, 1.54) is 0 Å². The van der Waals surface area contributed by atoms with E-state index < -0.39 is 0 Å². The maximum absolute atomic E-state index is 9.56. The summed E-state index contributed by atoms with van der Waals surface area (Å²) in [6.45, 7) is 8.04. The first-order valence-corrected chi connectivity index (χ1v) is 7.00. The number of aliphatic hydroxyl groups is 1. The minimum Gasteiger partial charge on any atom is -0.394 e. The molecule has 104 valence electrons. The maximum Gasteiger partial charge on any atom is 0.0814 e. The van der Waals surface area contributed by atoms with Gasteiger partial charge >= 0.3 is 0 Å². The van der Waals surface area contributed by atoms with Gasteiger partial charge in [-0.3, -0.25) is 4.68 Å². The van der Waals surface area contributed by atoms with Crippen LogP contribution < -0.4 is 5.32 Å². The van der Waals surface area contributed by atoms with Crippen molar-refractivity contribution in [3.63, 3.8) is 0 Å². The zero-order chi connectivity index (χ0) is 13.6. The zero-order valence-electron chi connectivity index (χ0n) is 11.5. The van der Waals surface area contributed by atoms with Gasteiger partial charge in [0.25, 0.3) is 0 Å². The lowest BCUT2D eigenvalue weighted by Crippen LogP contribution is -2.48. The minimum atomic E-state index is -0.153. The van der Waals surface area contributed by atoms with E-state index in [1.54, 1.807) is 6.20 Å². The van der Waals surface area contributed by atoms with Gasteiger partial charge in [-0.2, -0.15) is 5.10 Å². The molecule has 0 aliphatic heterocycles. The van der Waals surface area contributed by atoms with Crippen LogP contribution in [-0.4, -0.2) is 33.6 Å². The highest BCUT2D eigenvalue weighted by Crippen LogP contribution is 2.19. The average molecular weight is 274 g/mol. The molecule has 5 heteroatoms. The van der Waals surface area contributed by atoms with Crippen LogP contribution in [0.2, 0.25) is 5.02 Å². The first-order valence-electron chi connectivity index (χ1n) is 6.62. The second kappa shape index (κ2) is 7.12. The van der Waals surface area contributed by atoms with Gasteiger partial charge in [-0.1, -0.05) is 25.4 Å². The molecule has 0 aliphatic rings. The topological polar surface area (TPSA) is 50.1 Å². The van der Waals surface area contributed by atoms with Gasteiger partial charge in [-0.25, -0.2) is 0 Å². The summed E-state index contributed by atoms with van der Waals surface area (Å²) in [5, 5.41) is 17.9. The van der Waals surface area contributed by atoms with E-state index in [0.717, 1.165) is 38.0 Å². The molecule has 1 aromatic rings. The second-order valence-corrected chi connectivity index (χ2v) is 5.13. The van der Waals surface area contributed by atoms with Crippen LogP contribution >= 0.6 is 11.6 Å². The molecule has 4 nitrogen and oxygen atoms in total. The number of likely N-dealkylation sites (N-methyl/N-ethyl adjacent to an activating group) is 1. The van der Waals surface area contributed by atoms with Crippen LogP contribution in [0.1, 0.15) is 38.8 Å². The third kappa shape index (κ3) is 3.70. The molecule has 0 saturated heterocycles. The number of halogens is 1. The molecule has 2 N–H and O–H groups in total. The largest absolute Gasteiger partial charge is 0.394 e. The highest BCUT2D eigenvalue weighted by molar-refractivity contribution is 6.31. The van der Waals surface area contributed by atoms with E-state index in [9.17, 15) is 5.11 Å². The summed E-state index contributed by atoms with van der Waals surface area (Å²) in [5.74, 6) is 0. The van der Waals surface area contributed by atoms with E-state index in [4.69, 9.17) is 11.6 Å². The Kier molecular flexibility index (Phi) is 6.12. The lowest BCUT2D eigenvalue weighted by molar-refractivity contribution is 0.144. The fourth-order valence-corrected chi connectivity index (χ4v) is 2.37. The van der Waals surface area contributed by atoms with Crippen LogP contribution in [0.5, 0.6) is 0 Å². The molecule has 1 unspecified atom stereocenters. The number of hydrogen-bond acceptors (Lipinski definition) is 3. The Balaban J connectivity index is 2.51. The average Bonchev–Trinajstić information content (AvgIpc) is 2.69. The van der Waals surface area contributed by atoms with Crippen LogP contribution in [0.15, 0.2) is 6.20 Å². The highest BCUT2D eigenvalue weighted by Gasteiger charge is 2.25. The SMILES string of the molecule is CCNC(CC)(CO)CCCn1ncc(Cl)c1C. The van der Waals surface area contributed by atoms with Crippen LogP contribution in [0.4, 0.5) is 0 Å². The molecule has 0 saturated carbocycles. The zero-order valence-corrected chi connectivity index (χ0v) is 12.3. The van der Waals surface area contributed by atoms with E-state index in [1.807, 2.05) is 11.6 Å². The molecular weight excluding hydrogens is 250 g/mol. The molecule has 0 bridgehead atoms. The summed E-state index contributed by atoms with van der Waals surface area (Å²) < 4.78 is 1.92. The van der Waals surface area contributed by atoms with Crippen molar-refractivity contribution in [1.29, 1.82) is 0 Å². The molecule has 0 radical (unpaired) electrons. The molecule has 0 amide bonds. The van der Waals surface area contributed by atoms with Gasteiger partial charge in [0.15, 0.2) is 0 Å². The quantitative estimate of drug-likeness (QED) is 0.765. The van der Waals surface area contributed by atoms with Crippen LogP contribution in [0, 0.1) is 6.92 Å². The third-order valence-electron chi connectivity index (χ3n) is 3.60. The smallest absolute Gasteiger partial charge is 0.0814 e. The third-order valence-corrected chi connectivity index (χ3v) is 3.97. The molecule has 0 aromatic carbocycles. The van der Waals surface area contributed by atoms with Crippen molar-refractivity contribution in [2.75, 3.05) is 13.2 Å². The lowest BCUT2D eigenvalue weighted by atomic mass is 9.91. The molecule has 18 heavy (non-hydrogen) atoms. The highest BCUT2D eigenvalue weighted by atomic mass is 35.5. The summed E-state index contributed by atoms with van der Waals surface area (Å²) in [5.41, 5.74) is 0.853. The van der Waals surface area contributed by atoms with Gasteiger partial charge in [0, 0.05) is 12.1 Å². The first kappa shape index (κ1) is 15.5. The van der Waals surface area contributed by atoms with Crippen molar-refractivity contribution in [3.05, 3.63) is 16.9 Å². The van der Waals surface area contributed by atoms with Crippen molar-refractivity contribution in [1.82, 2.24) is 15.1 Å². The van der Waals surface area contributed by atoms with Crippen LogP contribution in [0.25, 0.3) is 0 Å². The Labute approximate surface area is 114 Å². The summed E-state index contributed by atoms with van der Waals surface area (Å²) in [6.07, 6.45) is 4.52. The maximum atomic E-state index is 9.56. The molecule has 1 rings (SSSR count). The fourth-order valence-electron chi connectivity index (χ4n) is 2.23. The molecule has 0 aliphatic carbocycles. The van der Waals surface area contributed by atoms with Gasteiger partial charge in [0.2, 0.25) is 0 Å². The van der Waals surface area contributed by atoms with Gasteiger partial charge < -0.3 is 10.4 Å². The Morgan fingerprint density at radius 3 is 2.67 bits per heavy atom. The van der Waals surface area contributed by atoms with E-state index in [0.29, 0.717) is 5.02 Å². The number of nitrogens with one attached hydrogen (secondary N) is 1. The lowest BCUT2D eigenvalue weighted by Gasteiger charge is -2.31. The Morgan fingerprint density at radius 2 is 2.22 bits per heavy atom. The number of nitrogens with zero attached hydrogens (tertiary/aromatic N) is 2. The van der Waals surface area contributed by atoms with Crippen LogP contribution in [-0.2, 0) is 6.54 Å². The number of aliphatic hydroxyl groups excluding tert-OH is 1. The molecule has 1 heterocycles. The first-order chi connectivity index (χ1) is 8.58. The van der Waals surface area contributed by atoms with Crippen LogP contribution in [0.3, 0.4) is 0 Å². The summed E-state index contributed by atoms with van der Waals surface area (Å²) >= 11 is 5.97. The summed E-state index contributed by atoms with van der Waals surface area (Å²) in [7, 11) is 0. The normalized spacial score (nSPS) is 14.7. The Hall–Kier alpha value is -0.580. The second-order valence-electron chi connectivity index (χ2n) is 4.73. The fraction of sp³-hybridized carbons (Fsp3) is 0.769. The van der Waals surface area contributed by atoms with Gasteiger partial charge in [-0.05, 0) is 32.7 Å². The van der Waals surface area contributed by atoms with Gasteiger partial charge in [0.1, 0.15) is 0 Å². The Bertz CT molecular complexity index is 361. The Morgan fingerprint density at radius 1 is 1.50 bits per heavy atom.